The maximum atomic E-state index is 12.8. The smallest absolute Gasteiger partial charge is 0.246 e. The highest BCUT2D eigenvalue weighted by Gasteiger charge is 2.43. The number of benzene rings is 1. The molecule has 8 heteroatoms. The van der Waals surface area contributed by atoms with E-state index in [4.69, 9.17) is 11.6 Å². The molecule has 1 aromatic rings. The second kappa shape index (κ2) is 8.31. The van der Waals surface area contributed by atoms with Crippen molar-refractivity contribution in [2.45, 2.75) is 37.4 Å². The molecule has 2 heterocycles. The molecule has 0 spiro atoms. The molecule has 3 amide bonds. The third-order valence-corrected chi connectivity index (χ3v) is 5.60. The molecule has 2 aliphatic heterocycles. The van der Waals surface area contributed by atoms with Crippen molar-refractivity contribution in [1.29, 1.82) is 0 Å². The Morgan fingerprint density at radius 2 is 2.08 bits per heavy atom. The number of nitrogens with one attached hydrogen (secondary N) is 2. The van der Waals surface area contributed by atoms with Crippen LogP contribution < -0.4 is 10.6 Å². The molecule has 0 radical (unpaired) electrons. The molecule has 0 bridgehead atoms. The number of thioether (sulfide) groups is 1. The monoisotopic (exact) mass is 395 g/mol. The number of nitrogens with zero attached hydrogens (tertiary/aromatic N) is 1. The lowest BCUT2D eigenvalue weighted by Crippen LogP contribution is -2.67. The molecule has 6 nitrogen and oxygen atoms in total. The van der Waals surface area contributed by atoms with E-state index in [0.717, 1.165) is 5.56 Å². The molecule has 3 atom stereocenters. The van der Waals surface area contributed by atoms with E-state index < -0.39 is 12.1 Å². The van der Waals surface area contributed by atoms with Crippen molar-refractivity contribution < 1.29 is 14.4 Å². The van der Waals surface area contributed by atoms with Gasteiger partial charge < -0.3 is 15.5 Å². The predicted octanol–water partition coefficient (Wildman–Crippen LogP) is 1.22. The van der Waals surface area contributed by atoms with Crippen LogP contribution in [0.15, 0.2) is 24.3 Å². The molecule has 0 aliphatic carbocycles. The van der Waals surface area contributed by atoms with Crippen molar-refractivity contribution in [1.82, 2.24) is 15.5 Å². The second-order valence-corrected chi connectivity index (χ2v) is 7.96. The lowest BCUT2D eigenvalue weighted by atomic mass is 9.91. The number of halogens is 1. The third kappa shape index (κ3) is 4.32. The zero-order valence-corrected chi connectivity index (χ0v) is 16.1. The lowest BCUT2D eigenvalue weighted by molar-refractivity contribution is -0.151. The summed E-state index contributed by atoms with van der Waals surface area (Å²) < 4.78 is 0. The summed E-state index contributed by atoms with van der Waals surface area (Å²) in [6.45, 7) is 0.484. The number of hydrogen-bond acceptors (Lipinski definition) is 4. The van der Waals surface area contributed by atoms with Crippen LogP contribution in [-0.4, -0.2) is 59.3 Å². The molecular formula is C18H22ClN3O3S. The van der Waals surface area contributed by atoms with Crippen LogP contribution in [0.4, 0.5) is 0 Å². The minimum Gasteiger partial charge on any atom is -0.352 e. The minimum absolute atomic E-state index is 0.0286. The number of hydrogen-bond donors (Lipinski definition) is 2. The first-order valence-electron chi connectivity index (χ1n) is 8.61. The van der Waals surface area contributed by atoms with Gasteiger partial charge in [-0.05, 0) is 36.8 Å². The van der Waals surface area contributed by atoms with E-state index in [1.165, 1.54) is 11.8 Å². The van der Waals surface area contributed by atoms with E-state index >= 15 is 0 Å². The first kappa shape index (κ1) is 19.0. The normalized spacial score (nSPS) is 25.5. The fraction of sp³-hybridized carbons (Fsp3) is 0.500. The number of carbonyl (C=O) groups excluding carboxylic acids is 3. The Balaban J connectivity index is 1.63. The predicted molar refractivity (Wildman–Crippen MR) is 102 cm³/mol. The molecule has 1 aromatic carbocycles. The zero-order valence-electron chi connectivity index (χ0n) is 14.5. The number of rotatable bonds is 5. The summed E-state index contributed by atoms with van der Waals surface area (Å²) in [6.07, 6.45) is 3.45. The molecule has 0 unspecified atom stereocenters. The highest BCUT2D eigenvalue weighted by atomic mass is 35.5. The zero-order chi connectivity index (χ0) is 18.7. The quantitative estimate of drug-likeness (QED) is 0.785. The Hall–Kier alpha value is -1.73. The van der Waals surface area contributed by atoms with E-state index in [1.807, 2.05) is 18.4 Å². The molecule has 0 aromatic heterocycles. The fourth-order valence-electron chi connectivity index (χ4n) is 3.53. The van der Waals surface area contributed by atoms with Gasteiger partial charge in [0.15, 0.2) is 0 Å². The average molecular weight is 396 g/mol. The molecule has 2 aliphatic rings. The Morgan fingerprint density at radius 3 is 2.77 bits per heavy atom. The van der Waals surface area contributed by atoms with Crippen LogP contribution in [0, 0.1) is 0 Å². The number of piperidine rings is 1. The Kier molecular flexibility index (Phi) is 6.09. The van der Waals surface area contributed by atoms with Crippen molar-refractivity contribution >= 4 is 41.1 Å². The van der Waals surface area contributed by atoms with Crippen LogP contribution in [0.1, 0.15) is 18.4 Å². The summed E-state index contributed by atoms with van der Waals surface area (Å²) in [5.41, 5.74) is 0.950. The van der Waals surface area contributed by atoms with Gasteiger partial charge in [-0.15, -0.1) is 0 Å². The van der Waals surface area contributed by atoms with E-state index in [2.05, 4.69) is 10.6 Å². The van der Waals surface area contributed by atoms with Crippen molar-refractivity contribution in [3.8, 4) is 0 Å². The summed E-state index contributed by atoms with van der Waals surface area (Å²) in [7, 11) is 0. The van der Waals surface area contributed by atoms with E-state index in [9.17, 15) is 14.4 Å². The van der Waals surface area contributed by atoms with Gasteiger partial charge in [-0.25, -0.2) is 0 Å². The van der Waals surface area contributed by atoms with Gasteiger partial charge in [-0.3, -0.25) is 14.4 Å². The van der Waals surface area contributed by atoms with Crippen LogP contribution in [-0.2, 0) is 20.8 Å². The fourth-order valence-corrected chi connectivity index (χ4v) is 4.01. The van der Waals surface area contributed by atoms with Gasteiger partial charge in [0, 0.05) is 24.0 Å². The topological polar surface area (TPSA) is 78.5 Å². The highest BCUT2D eigenvalue weighted by molar-refractivity contribution is 7.99. The Bertz CT molecular complexity index is 697. The molecule has 26 heavy (non-hydrogen) atoms. The minimum atomic E-state index is -0.553. The van der Waals surface area contributed by atoms with Gasteiger partial charge >= 0.3 is 0 Å². The van der Waals surface area contributed by atoms with Crippen LogP contribution in [0.2, 0.25) is 5.02 Å². The van der Waals surface area contributed by atoms with Crippen molar-refractivity contribution in [3.05, 3.63) is 34.9 Å². The van der Waals surface area contributed by atoms with Gasteiger partial charge in [-0.2, -0.15) is 11.8 Å². The van der Waals surface area contributed by atoms with E-state index in [0.29, 0.717) is 36.6 Å². The van der Waals surface area contributed by atoms with Gasteiger partial charge in [0.2, 0.25) is 17.7 Å². The summed E-state index contributed by atoms with van der Waals surface area (Å²) in [4.78, 5) is 38.8. The van der Waals surface area contributed by atoms with Crippen molar-refractivity contribution in [3.63, 3.8) is 0 Å². The van der Waals surface area contributed by atoms with Crippen molar-refractivity contribution in [2.75, 3.05) is 18.6 Å². The summed E-state index contributed by atoms with van der Waals surface area (Å²) in [5, 5.41) is 6.44. The molecule has 2 saturated heterocycles. The number of piperazine rings is 1. The average Bonchev–Trinajstić information content (AvgIpc) is 2.61. The first-order valence-corrected chi connectivity index (χ1v) is 10.4. The van der Waals surface area contributed by atoms with E-state index in [1.54, 1.807) is 17.0 Å². The molecule has 2 fully saturated rings. The van der Waals surface area contributed by atoms with Crippen LogP contribution >= 0.6 is 23.4 Å². The van der Waals surface area contributed by atoms with Crippen LogP contribution in [0.25, 0.3) is 0 Å². The van der Waals surface area contributed by atoms with Gasteiger partial charge in [-0.1, -0.05) is 23.7 Å². The standard InChI is InChI=1S/C18H22ClN3O3S/c1-26-10-16(23)20-13-6-7-22-15(9-13)17(24)21-14(18(22)25)8-11-2-4-12(19)5-3-11/h2-5,13-15H,6-10H2,1H3,(H,20,23)(H,21,24)/t13-,14+,15-/m0/s1. The number of fused-ring (bicyclic) bond motifs is 1. The number of amides is 3. The van der Waals surface area contributed by atoms with Crippen molar-refractivity contribution in [2.24, 2.45) is 0 Å². The van der Waals surface area contributed by atoms with E-state index in [-0.39, 0.29) is 23.8 Å². The maximum absolute atomic E-state index is 12.8. The molecule has 140 valence electrons. The summed E-state index contributed by atoms with van der Waals surface area (Å²) in [6, 6.07) is 6.15. The van der Waals surface area contributed by atoms with Crippen LogP contribution in [0.5, 0.6) is 0 Å². The second-order valence-electron chi connectivity index (χ2n) is 6.66. The SMILES string of the molecule is CSCC(=O)N[C@H]1CCN2C(=O)[C@@H](Cc3ccc(Cl)cc3)NC(=O)[C@@H]2C1. The molecule has 3 rings (SSSR count). The lowest BCUT2D eigenvalue weighted by Gasteiger charge is -2.44. The maximum Gasteiger partial charge on any atom is 0.246 e. The van der Waals surface area contributed by atoms with Gasteiger partial charge in [0.25, 0.3) is 0 Å². The van der Waals surface area contributed by atoms with Gasteiger partial charge in [0.1, 0.15) is 12.1 Å². The van der Waals surface area contributed by atoms with Gasteiger partial charge in [0.05, 0.1) is 5.75 Å². The summed E-state index contributed by atoms with van der Waals surface area (Å²) in [5.74, 6) is 0.170. The third-order valence-electron chi connectivity index (χ3n) is 4.80. The Labute approximate surface area is 162 Å². The largest absolute Gasteiger partial charge is 0.352 e. The van der Waals surface area contributed by atoms with Crippen LogP contribution in [0.3, 0.4) is 0 Å². The summed E-state index contributed by atoms with van der Waals surface area (Å²) >= 11 is 7.35. The number of carbonyl (C=O) groups is 3. The first-order chi connectivity index (χ1) is 12.5. The molecule has 2 N–H and O–H groups in total. The molecule has 0 saturated carbocycles. The Morgan fingerprint density at radius 1 is 1.35 bits per heavy atom. The highest BCUT2D eigenvalue weighted by Crippen LogP contribution is 2.24. The molecular weight excluding hydrogens is 374 g/mol.